The Kier molecular flexibility index (Phi) is 4.01. The molecule has 0 aliphatic rings. The van der Waals surface area contributed by atoms with Crippen LogP contribution in [0.1, 0.15) is 16.1 Å². The third kappa shape index (κ3) is 3.12. The first-order valence-electron chi connectivity index (χ1n) is 5.42. The summed E-state index contributed by atoms with van der Waals surface area (Å²) in [6.45, 7) is 0. The standard InChI is InChI=1S/C12H9ClN2O4S/c13-9-6-14-12(15-10(9)11(16)17)20(18,19)7-8-4-2-1-3-5-8/h1-6H,7H2,(H,16,17). The molecule has 0 amide bonds. The average Bonchev–Trinajstić information content (AvgIpc) is 2.39. The van der Waals surface area contributed by atoms with E-state index in [1.54, 1.807) is 30.3 Å². The van der Waals surface area contributed by atoms with E-state index in [4.69, 9.17) is 16.7 Å². The van der Waals surface area contributed by atoms with Gasteiger partial charge < -0.3 is 5.11 Å². The minimum Gasteiger partial charge on any atom is -0.476 e. The highest BCUT2D eigenvalue weighted by Gasteiger charge is 2.22. The third-order valence-electron chi connectivity index (χ3n) is 2.40. The minimum atomic E-state index is -3.83. The first kappa shape index (κ1) is 14.4. The largest absolute Gasteiger partial charge is 0.476 e. The highest BCUT2D eigenvalue weighted by molar-refractivity contribution is 7.90. The van der Waals surface area contributed by atoms with Gasteiger partial charge in [0.15, 0.2) is 5.69 Å². The van der Waals surface area contributed by atoms with Gasteiger partial charge >= 0.3 is 5.97 Å². The summed E-state index contributed by atoms with van der Waals surface area (Å²) >= 11 is 5.60. The Hall–Kier alpha value is -1.99. The topological polar surface area (TPSA) is 97.2 Å². The first-order valence-corrected chi connectivity index (χ1v) is 7.46. The van der Waals surface area contributed by atoms with E-state index in [2.05, 4.69) is 9.97 Å². The smallest absolute Gasteiger partial charge is 0.356 e. The zero-order valence-corrected chi connectivity index (χ0v) is 11.6. The second kappa shape index (κ2) is 5.56. The van der Waals surface area contributed by atoms with Crippen molar-refractivity contribution in [1.82, 2.24) is 9.97 Å². The minimum absolute atomic E-state index is 0.212. The maximum absolute atomic E-state index is 12.1. The number of carbonyl (C=O) groups is 1. The molecule has 0 atom stereocenters. The van der Waals surface area contributed by atoms with Crippen molar-refractivity contribution in [3.63, 3.8) is 0 Å². The Bertz CT molecular complexity index is 747. The summed E-state index contributed by atoms with van der Waals surface area (Å²) in [4.78, 5) is 18.0. The number of rotatable bonds is 4. The molecule has 8 heteroatoms. The molecule has 20 heavy (non-hydrogen) atoms. The Morgan fingerprint density at radius 1 is 1.25 bits per heavy atom. The maximum Gasteiger partial charge on any atom is 0.356 e. The lowest BCUT2D eigenvalue weighted by Gasteiger charge is -2.04. The molecule has 1 aromatic carbocycles. The van der Waals surface area contributed by atoms with Crippen LogP contribution in [0.4, 0.5) is 0 Å². The van der Waals surface area contributed by atoms with Gasteiger partial charge in [-0.05, 0) is 5.56 Å². The lowest BCUT2D eigenvalue weighted by atomic mass is 10.2. The summed E-state index contributed by atoms with van der Waals surface area (Å²) in [6, 6.07) is 8.46. The fraction of sp³-hybridized carbons (Fsp3) is 0.0833. The number of aromatic nitrogens is 2. The van der Waals surface area contributed by atoms with Gasteiger partial charge in [-0.2, -0.15) is 0 Å². The number of hydrogen-bond acceptors (Lipinski definition) is 5. The van der Waals surface area contributed by atoms with Crippen LogP contribution in [0.25, 0.3) is 0 Å². The van der Waals surface area contributed by atoms with E-state index < -0.39 is 26.7 Å². The van der Waals surface area contributed by atoms with E-state index in [9.17, 15) is 13.2 Å². The Balaban J connectivity index is 2.40. The van der Waals surface area contributed by atoms with Gasteiger partial charge in [-0.25, -0.2) is 23.2 Å². The van der Waals surface area contributed by atoms with Gasteiger partial charge in [-0.1, -0.05) is 41.9 Å². The molecule has 0 saturated heterocycles. The van der Waals surface area contributed by atoms with Crippen molar-refractivity contribution in [3.05, 3.63) is 52.8 Å². The summed E-state index contributed by atoms with van der Waals surface area (Å²) in [5.74, 6) is -1.72. The maximum atomic E-state index is 12.1. The van der Waals surface area contributed by atoms with Crippen LogP contribution >= 0.6 is 11.6 Å². The van der Waals surface area contributed by atoms with Crippen molar-refractivity contribution in [3.8, 4) is 0 Å². The zero-order chi connectivity index (χ0) is 14.8. The summed E-state index contributed by atoms with van der Waals surface area (Å²) < 4.78 is 24.3. The number of benzene rings is 1. The third-order valence-corrected chi connectivity index (χ3v) is 4.15. The molecule has 0 bridgehead atoms. The Morgan fingerprint density at radius 2 is 1.90 bits per heavy atom. The van der Waals surface area contributed by atoms with Gasteiger partial charge in [-0.3, -0.25) is 0 Å². The SMILES string of the molecule is O=C(O)c1nc(S(=O)(=O)Cc2ccccc2)ncc1Cl. The lowest BCUT2D eigenvalue weighted by Crippen LogP contribution is -2.13. The van der Waals surface area contributed by atoms with Gasteiger partial charge in [0.05, 0.1) is 17.0 Å². The van der Waals surface area contributed by atoms with Gasteiger partial charge in [0.25, 0.3) is 0 Å². The molecule has 0 fully saturated rings. The van der Waals surface area contributed by atoms with E-state index >= 15 is 0 Å². The van der Waals surface area contributed by atoms with Crippen LogP contribution in [0.3, 0.4) is 0 Å². The van der Waals surface area contributed by atoms with Crippen LogP contribution in [-0.4, -0.2) is 29.5 Å². The molecule has 2 aromatic rings. The Labute approximate surface area is 120 Å². The molecule has 0 saturated carbocycles. The summed E-state index contributed by atoms with van der Waals surface area (Å²) in [5.41, 5.74) is 0.0243. The van der Waals surface area contributed by atoms with Crippen LogP contribution in [0, 0.1) is 0 Å². The molecule has 6 nitrogen and oxygen atoms in total. The van der Waals surface area contributed by atoms with Crippen LogP contribution in [0.2, 0.25) is 5.02 Å². The summed E-state index contributed by atoms with van der Waals surface area (Å²) in [6.07, 6.45) is 0.968. The van der Waals surface area contributed by atoms with Crippen molar-refractivity contribution in [1.29, 1.82) is 0 Å². The molecule has 1 heterocycles. The van der Waals surface area contributed by atoms with Crippen LogP contribution in [0.5, 0.6) is 0 Å². The molecule has 104 valence electrons. The first-order chi connectivity index (χ1) is 9.40. The number of carboxylic acids is 1. The van der Waals surface area contributed by atoms with Gasteiger partial charge in [0.2, 0.25) is 15.0 Å². The van der Waals surface area contributed by atoms with Gasteiger partial charge in [-0.15, -0.1) is 0 Å². The van der Waals surface area contributed by atoms with Crippen LogP contribution in [-0.2, 0) is 15.6 Å². The van der Waals surface area contributed by atoms with E-state index in [0.717, 1.165) is 6.20 Å². The molecule has 0 aliphatic carbocycles. The molecule has 0 spiro atoms. The predicted octanol–water partition coefficient (Wildman–Crippen LogP) is 1.80. The molecule has 0 radical (unpaired) electrons. The highest BCUT2D eigenvalue weighted by Crippen LogP contribution is 2.17. The second-order valence-corrected chi connectivity index (χ2v) is 6.19. The van der Waals surface area contributed by atoms with Crippen molar-refractivity contribution in [2.24, 2.45) is 0 Å². The number of aromatic carboxylic acids is 1. The number of hydrogen-bond donors (Lipinski definition) is 1. The summed E-state index contributed by atoms with van der Waals surface area (Å²) in [5, 5.41) is 8.11. The van der Waals surface area contributed by atoms with Gasteiger partial charge in [0.1, 0.15) is 0 Å². The van der Waals surface area contributed by atoms with Crippen LogP contribution < -0.4 is 0 Å². The second-order valence-electron chi connectivity index (χ2n) is 3.90. The molecule has 1 N–H and O–H groups in total. The molecule has 1 aromatic heterocycles. The zero-order valence-electron chi connectivity index (χ0n) is 10.0. The molecule has 2 rings (SSSR count). The lowest BCUT2D eigenvalue weighted by molar-refractivity contribution is 0.0689. The van der Waals surface area contributed by atoms with Crippen molar-refractivity contribution < 1.29 is 18.3 Å². The monoisotopic (exact) mass is 312 g/mol. The average molecular weight is 313 g/mol. The highest BCUT2D eigenvalue weighted by atomic mass is 35.5. The fourth-order valence-corrected chi connectivity index (χ4v) is 2.88. The van der Waals surface area contributed by atoms with Crippen molar-refractivity contribution in [2.45, 2.75) is 10.9 Å². The number of halogens is 1. The van der Waals surface area contributed by atoms with Gasteiger partial charge in [0, 0.05) is 0 Å². The number of nitrogens with zero attached hydrogens (tertiary/aromatic N) is 2. The van der Waals surface area contributed by atoms with E-state index in [-0.39, 0.29) is 10.8 Å². The Morgan fingerprint density at radius 3 is 2.50 bits per heavy atom. The normalized spacial score (nSPS) is 11.2. The number of carboxylic acid groups (broad SMARTS) is 1. The molecular formula is C12H9ClN2O4S. The molecular weight excluding hydrogens is 304 g/mol. The van der Waals surface area contributed by atoms with E-state index in [1.807, 2.05) is 0 Å². The van der Waals surface area contributed by atoms with E-state index in [1.165, 1.54) is 0 Å². The fourth-order valence-electron chi connectivity index (χ4n) is 1.51. The van der Waals surface area contributed by atoms with Crippen LogP contribution in [0.15, 0.2) is 41.7 Å². The summed E-state index contributed by atoms with van der Waals surface area (Å²) in [7, 11) is -3.83. The predicted molar refractivity (Wildman–Crippen MR) is 71.3 cm³/mol. The quantitative estimate of drug-likeness (QED) is 0.865. The van der Waals surface area contributed by atoms with Crippen molar-refractivity contribution in [2.75, 3.05) is 0 Å². The number of sulfone groups is 1. The molecule has 0 aliphatic heterocycles. The van der Waals surface area contributed by atoms with E-state index in [0.29, 0.717) is 5.56 Å². The molecule has 0 unspecified atom stereocenters. The van der Waals surface area contributed by atoms with Crippen molar-refractivity contribution >= 4 is 27.4 Å².